The third-order valence-corrected chi connectivity index (χ3v) is 3.72. The van der Waals surface area contributed by atoms with Gasteiger partial charge < -0.3 is 4.90 Å². The Bertz CT molecular complexity index is 204. The van der Waals surface area contributed by atoms with Crippen LogP contribution in [0.2, 0.25) is 0 Å². The largest absolute Gasteiger partial charge is 0.303 e. The summed E-state index contributed by atoms with van der Waals surface area (Å²) in [4.78, 5) is 2.65. The lowest BCUT2D eigenvalue weighted by molar-refractivity contribution is 0.0857. The zero-order valence-electron chi connectivity index (χ0n) is 9.04. The molecule has 1 nitrogen and oxygen atoms in total. The van der Waals surface area contributed by atoms with Crippen LogP contribution in [0.5, 0.6) is 0 Å². The second kappa shape index (κ2) is 4.84. The van der Waals surface area contributed by atoms with Crippen LogP contribution in [0.1, 0.15) is 38.5 Å². The fraction of sp³-hybridized carbons (Fsp3) is 0.846. The van der Waals surface area contributed by atoms with E-state index < -0.39 is 0 Å². The van der Waals surface area contributed by atoms with Crippen LogP contribution in [0.25, 0.3) is 0 Å². The molecule has 1 heteroatoms. The van der Waals surface area contributed by atoms with Crippen molar-refractivity contribution in [3.05, 3.63) is 0 Å². The molecule has 2 fully saturated rings. The van der Waals surface area contributed by atoms with Gasteiger partial charge in [-0.25, -0.2) is 0 Å². The van der Waals surface area contributed by atoms with Crippen molar-refractivity contribution in [1.82, 2.24) is 4.90 Å². The SMILES string of the molecule is C#CCCCN1CC2CCCC(C2)C1. The summed E-state index contributed by atoms with van der Waals surface area (Å²) in [5, 5.41) is 0. The summed E-state index contributed by atoms with van der Waals surface area (Å²) in [5.74, 6) is 4.75. The van der Waals surface area contributed by atoms with Gasteiger partial charge in [0.05, 0.1) is 0 Å². The number of terminal acetylenes is 1. The van der Waals surface area contributed by atoms with Crippen LogP contribution in [0, 0.1) is 24.2 Å². The smallest absolute Gasteiger partial charge is 0.00982 e. The van der Waals surface area contributed by atoms with Crippen LogP contribution in [-0.2, 0) is 0 Å². The Kier molecular flexibility index (Phi) is 3.48. The Balaban J connectivity index is 1.75. The van der Waals surface area contributed by atoms with Crippen molar-refractivity contribution in [2.75, 3.05) is 19.6 Å². The van der Waals surface area contributed by atoms with Crippen molar-refractivity contribution < 1.29 is 0 Å². The molecule has 1 saturated heterocycles. The normalized spacial score (nSPS) is 32.5. The van der Waals surface area contributed by atoms with E-state index in [1.807, 2.05) is 0 Å². The number of hydrogen-bond acceptors (Lipinski definition) is 1. The van der Waals surface area contributed by atoms with Gasteiger partial charge in [0.25, 0.3) is 0 Å². The van der Waals surface area contributed by atoms with Crippen molar-refractivity contribution in [3.63, 3.8) is 0 Å². The Labute approximate surface area is 87.9 Å². The molecular formula is C13H21N. The molecule has 1 aliphatic heterocycles. The number of nitrogens with zero attached hydrogens (tertiary/aromatic N) is 1. The second-order valence-corrected chi connectivity index (χ2v) is 4.97. The maximum atomic E-state index is 5.27. The lowest BCUT2D eigenvalue weighted by atomic mass is 9.78. The Morgan fingerprint density at radius 1 is 1.21 bits per heavy atom. The number of likely N-dealkylation sites (tertiary alicyclic amines) is 1. The summed E-state index contributed by atoms with van der Waals surface area (Å²) in [6, 6.07) is 0. The monoisotopic (exact) mass is 191 g/mol. The third kappa shape index (κ3) is 2.51. The van der Waals surface area contributed by atoms with Gasteiger partial charge in [0.2, 0.25) is 0 Å². The number of hydrogen-bond donors (Lipinski definition) is 0. The standard InChI is InChI=1S/C13H21N/c1-2-3-4-8-14-10-12-6-5-7-13(9-12)11-14/h1,12-13H,3-11H2. The number of fused-ring (bicyclic) bond motifs is 2. The van der Waals surface area contributed by atoms with E-state index in [-0.39, 0.29) is 0 Å². The fourth-order valence-electron chi connectivity index (χ4n) is 3.13. The zero-order chi connectivity index (χ0) is 9.80. The Hall–Kier alpha value is -0.480. The van der Waals surface area contributed by atoms with E-state index in [1.165, 1.54) is 51.7 Å². The van der Waals surface area contributed by atoms with Gasteiger partial charge in [-0.05, 0) is 44.1 Å². The Morgan fingerprint density at radius 2 is 1.93 bits per heavy atom. The van der Waals surface area contributed by atoms with Crippen LogP contribution in [0.4, 0.5) is 0 Å². The van der Waals surface area contributed by atoms with Gasteiger partial charge in [0, 0.05) is 19.5 Å². The third-order valence-electron chi connectivity index (χ3n) is 3.72. The molecule has 0 aromatic rings. The van der Waals surface area contributed by atoms with Crippen LogP contribution in [0.15, 0.2) is 0 Å². The van der Waals surface area contributed by atoms with Crippen molar-refractivity contribution in [1.29, 1.82) is 0 Å². The van der Waals surface area contributed by atoms with Gasteiger partial charge in [-0.15, -0.1) is 12.3 Å². The molecule has 2 atom stereocenters. The number of rotatable bonds is 3. The van der Waals surface area contributed by atoms with Gasteiger partial charge >= 0.3 is 0 Å². The molecular weight excluding hydrogens is 170 g/mol. The molecule has 2 bridgehead atoms. The highest BCUT2D eigenvalue weighted by Crippen LogP contribution is 2.34. The fourth-order valence-corrected chi connectivity index (χ4v) is 3.13. The molecule has 0 radical (unpaired) electrons. The highest BCUT2D eigenvalue weighted by molar-refractivity contribution is 4.86. The Morgan fingerprint density at radius 3 is 2.57 bits per heavy atom. The lowest BCUT2D eigenvalue weighted by Crippen LogP contribution is -2.42. The van der Waals surface area contributed by atoms with Crippen molar-refractivity contribution in [2.24, 2.45) is 11.8 Å². The van der Waals surface area contributed by atoms with Gasteiger partial charge in [-0.2, -0.15) is 0 Å². The van der Waals surface area contributed by atoms with E-state index >= 15 is 0 Å². The van der Waals surface area contributed by atoms with E-state index in [1.54, 1.807) is 0 Å². The highest BCUT2D eigenvalue weighted by Gasteiger charge is 2.29. The first-order valence-electron chi connectivity index (χ1n) is 6.04. The molecule has 1 saturated carbocycles. The molecule has 1 heterocycles. The average molecular weight is 191 g/mol. The summed E-state index contributed by atoms with van der Waals surface area (Å²) < 4.78 is 0. The zero-order valence-corrected chi connectivity index (χ0v) is 9.04. The highest BCUT2D eigenvalue weighted by atomic mass is 15.1. The summed E-state index contributed by atoms with van der Waals surface area (Å²) in [5.41, 5.74) is 0. The first-order chi connectivity index (χ1) is 6.88. The maximum absolute atomic E-state index is 5.27. The van der Waals surface area contributed by atoms with E-state index in [4.69, 9.17) is 6.42 Å². The van der Waals surface area contributed by atoms with E-state index in [2.05, 4.69) is 10.8 Å². The van der Waals surface area contributed by atoms with Gasteiger partial charge in [0.15, 0.2) is 0 Å². The van der Waals surface area contributed by atoms with Crippen molar-refractivity contribution in [2.45, 2.75) is 38.5 Å². The quantitative estimate of drug-likeness (QED) is 0.489. The van der Waals surface area contributed by atoms with Gasteiger partial charge in [-0.3, -0.25) is 0 Å². The second-order valence-electron chi connectivity index (χ2n) is 4.97. The molecule has 78 valence electrons. The van der Waals surface area contributed by atoms with Crippen LogP contribution in [0.3, 0.4) is 0 Å². The summed E-state index contributed by atoms with van der Waals surface area (Å²) in [6.07, 6.45) is 13.3. The molecule has 2 rings (SSSR count). The first kappa shape index (κ1) is 10.1. The molecule has 1 aliphatic carbocycles. The van der Waals surface area contributed by atoms with Crippen LogP contribution < -0.4 is 0 Å². The molecule has 14 heavy (non-hydrogen) atoms. The molecule has 0 N–H and O–H groups in total. The predicted molar refractivity (Wildman–Crippen MR) is 60.0 cm³/mol. The predicted octanol–water partition coefficient (Wildman–Crippen LogP) is 2.52. The minimum Gasteiger partial charge on any atom is -0.303 e. The number of piperidine rings is 1. The lowest BCUT2D eigenvalue weighted by Gasteiger charge is -2.41. The van der Waals surface area contributed by atoms with Crippen LogP contribution >= 0.6 is 0 Å². The van der Waals surface area contributed by atoms with Gasteiger partial charge in [0.1, 0.15) is 0 Å². The molecule has 2 unspecified atom stereocenters. The van der Waals surface area contributed by atoms with E-state index in [9.17, 15) is 0 Å². The van der Waals surface area contributed by atoms with E-state index in [0.29, 0.717) is 0 Å². The maximum Gasteiger partial charge on any atom is 0.00982 e. The van der Waals surface area contributed by atoms with Crippen molar-refractivity contribution >= 4 is 0 Å². The first-order valence-corrected chi connectivity index (χ1v) is 6.04. The van der Waals surface area contributed by atoms with Gasteiger partial charge in [-0.1, -0.05) is 6.42 Å². The molecule has 0 aromatic heterocycles. The summed E-state index contributed by atoms with van der Waals surface area (Å²) in [7, 11) is 0. The average Bonchev–Trinajstić information content (AvgIpc) is 2.18. The number of unbranched alkanes of at least 4 members (excludes halogenated alkanes) is 1. The minimum atomic E-state index is 0.950. The van der Waals surface area contributed by atoms with Crippen molar-refractivity contribution in [3.8, 4) is 12.3 Å². The summed E-state index contributed by atoms with van der Waals surface area (Å²) >= 11 is 0. The topological polar surface area (TPSA) is 3.24 Å². The molecule has 0 spiro atoms. The molecule has 2 aliphatic rings. The van der Waals surface area contributed by atoms with Crippen LogP contribution in [-0.4, -0.2) is 24.5 Å². The van der Waals surface area contributed by atoms with E-state index in [0.717, 1.165) is 18.3 Å². The summed E-state index contributed by atoms with van der Waals surface area (Å²) in [6.45, 7) is 3.93. The molecule has 0 aromatic carbocycles. The minimum absolute atomic E-state index is 0.950. The molecule has 0 amide bonds.